The maximum atomic E-state index is 12.1. The molecule has 5 heteroatoms. The number of carbonyl (C=O) groups is 1. The van der Waals surface area contributed by atoms with Gasteiger partial charge in [0.25, 0.3) is 0 Å². The Bertz CT molecular complexity index is 336. The molecule has 5 nitrogen and oxygen atoms in total. The lowest BCUT2D eigenvalue weighted by atomic mass is 9.68. The summed E-state index contributed by atoms with van der Waals surface area (Å²) in [5.74, 6) is 1.14. The maximum absolute atomic E-state index is 12.1. The van der Waals surface area contributed by atoms with Crippen LogP contribution in [0.2, 0.25) is 0 Å². The van der Waals surface area contributed by atoms with Gasteiger partial charge in [-0.05, 0) is 26.2 Å². The van der Waals surface area contributed by atoms with Crippen LogP contribution in [-0.4, -0.2) is 50.0 Å². The summed E-state index contributed by atoms with van der Waals surface area (Å²) in [6.45, 7) is 5.32. The standard InChI is InChI=1S/C13H24N4O/c1-3-14-11(18)13(6-4-7-13)10-16-12-15-8-5-9-17(12)2/h3-10H2,1-2H3,(H,14,18)(H,15,16). The van der Waals surface area contributed by atoms with E-state index in [1.807, 2.05) is 14.0 Å². The second kappa shape index (κ2) is 5.59. The molecule has 1 aliphatic heterocycles. The van der Waals surface area contributed by atoms with Crippen LogP contribution in [0.1, 0.15) is 32.6 Å². The quantitative estimate of drug-likeness (QED) is 0.769. The second-order valence-electron chi connectivity index (χ2n) is 5.33. The van der Waals surface area contributed by atoms with Gasteiger partial charge in [0.1, 0.15) is 0 Å². The first-order valence-electron chi connectivity index (χ1n) is 6.96. The number of aliphatic imine (C=N–C) groups is 1. The molecule has 0 spiro atoms. The summed E-state index contributed by atoms with van der Waals surface area (Å²) >= 11 is 0. The van der Waals surface area contributed by atoms with Crippen LogP contribution in [0.15, 0.2) is 4.99 Å². The van der Waals surface area contributed by atoms with Gasteiger partial charge in [-0.25, -0.2) is 0 Å². The van der Waals surface area contributed by atoms with Gasteiger partial charge in [-0.2, -0.15) is 0 Å². The summed E-state index contributed by atoms with van der Waals surface area (Å²) in [5.41, 5.74) is -0.198. The summed E-state index contributed by atoms with van der Waals surface area (Å²) < 4.78 is 0. The van der Waals surface area contributed by atoms with Gasteiger partial charge in [0.15, 0.2) is 5.96 Å². The highest BCUT2D eigenvalue weighted by Gasteiger charge is 2.43. The van der Waals surface area contributed by atoms with Crippen molar-refractivity contribution < 1.29 is 4.79 Å². The zero-order chi connectivity index (χ0) is 13.0. The third kappa shape index (κ3) is 2.60. The molecule has 0 radical (unpaired) electrons. The summed E-state index contributed by atoms with van der Waals surface area (Å²) in [6, 6.07) is 0. The van der Waals surface area contributed by atoms with Crippen molar-refractivity contribution in [1.29, 1.82) is 0 Å². The topological polar surface area (TPSA) is 56.7 Å². The molecular weight excluding hydrogens is 228 g/mol. The van der Waals surface area contributed by atoms with Crippen LogP contribution in [0.5, 0.6) is 0 Å². The van der Waals surface area contributed by atoms with Crippen molar-refractivity contribution in [3.8, 4) is 0 Å². The third-order valence-electron chi connectivity index (χ3n) is 3.99. The largest absolute Gasteiger partial charge is 0.356 e. The monoisotopic (exact) mass is 252 g/mol. The highest BCUT2D eigenvalue weighted by atomic mass is 16.2. The molecule has 1 saturated carbocycles. The average Bonchev–Trinajstić information content (AvgIpc) is 2.30. The molecule has 2 N–H and O–H groups in total. The predicted octanol–water partition coefficient (Wildman–Crippen LogP) is 0.574. The fourth-order valence-electron chi connectivity index (χ4n) is 2.59. The van der Waals surface area contributed by atoms with Crippen molar-refractivity contribution in [2.45, 2.75) is 32.6 Å². The number of hydrogen-bond acceptors (Lipinski definition) is 4. The van der Waals surface area contributed by atoms with E-state index in [1.165, 1.54) is 0 Å². The zero-order valence-electron chi connectivity index (χ0n) is 11.5. The molecule has 2 rings (SSSR count). The zero-order valence-corrected chi connectivity index (χ0v) is 11.5. The van der Waals surface area contributed by atoms with Crippen molar-refractivity contribution >= 4 is 11.9 Å². The predicted molar refractivity (Wildman–Crippen MR) is 72.5 cm³/mol. The fourth-order valence-corrected chi connectivity index (χ4v) is 2.59. The van der Waals surface area contributed by atoms with E-state index in [-0.39, 0.29) is 11.3 Å². The number of guanidine groups is 1. The van der Waals surface area contributed by atoms with E-state index in [0.717, 1.165) is 44.7 Å². The summed E-state index contributed by atoms with van der Waals surface area (Å²) in [4.78, 5) is 18.7. The molecule has 1 amide bonds. The molecule has 1 fully saturated rings. The van der Waals surface area contributed by atoms with E-state index < -0.39 is 0 Å². The Labute approximate surface area is 109 Å². The summed E-state index contributed by atoms with van der Waals surface area (Å²) in [6.07, 6.45) is 4.25. The van der Waals surface area contributed by atoms with Gasteiger partial charge in [0.2, 0.25) is 5.91 Å². The number of nitrogens with zero attached hydrogens (tertiary/aromatic N) is 2. The van der Waals surface area contributed by atoms with Crippen molar-refractivity contribution in [3.63, 3.8) is 0 Å². The van der Waals surface area contributed by atoms with E-state index in [4.69, 9.17) is 0 Å². The van der Waals surface area contributed by atoms with Gasteiger partial charge in [-0.3, -0.25) is 9.79 Å². The molecule has 0 atom stereocenters. The van der Waals surface area contributed by atoms with Crippen LogP contribution in [0, 0.1) is 5.41 Å². The molecule has 0 bridgehead atoms. The van der Waals surface area contributed by atoms with E-state index in [1.54, 1.807) is 0 Å². The number of hydrogen-bond donors (Lipinski definition) is 2. The van der Waals surface area contributed by atoms with Crippen LogP contribution in [0.3, 0.4) is 0 Å². The number of nitrogens with one attached hydrogen (secondary N) is 2. The van der Waals surface area contributed by atoms with Crippen LogP contribution in [0.25, 0.3) is 0 Å². The SMILES string of the molecule is CCNC(=O)C1(CNC2=NCCCN2C)CCC1. The Morgan fingerprint density at radius 3 is 2.78 bits per heavy atom. The van der Waals surface area contributed by atoms with E-state index in [2.05, 4.69) is 20.5 Å². The molecule has 0 aromatic carbocycles. The Morgan fingerprint density at radius 2 is 2.22 bits per heavy atom. The van der Waals surface area contributed by atoms with Gasteiger partial charge in [0, 0.05) is 33.2 Å². The van der Waals surface area contributed by atoms with Crippen molar-refractivity contribution in [3.05, 3.63) is 0 Å². The van der Waals surface area contributed by atoms with Crippen LogP contribution in [-0.2, 0) is 4.79 Å². The van der Waals surface area contributed by atoms with Gasteiger partial charge >= 0.3 is 0 Å². The smallest absolute Gasteiger partial charge is 0.227 e. The van der Waals surface area contributed by atoms with Crippen LogP contribution >= 0.6 is 0 Å². The highest BCUT2D eigenvalue weighted by Crippen LogP contribution is 2.40. The molecule has 0 aromatic heterocycles. The highest BCUT2D eigenvalue weighted by molar-refractivity contribution is 5.85. The molecular formula is C13H24N4O. The Hall–Kier alpha value is -1.26. The molecule has 18 heavy (non-hydrogen) atoms. The number of amides is 1. The molecule has 0 aromatic rings. The van der Waals surface area contributed by atoms with E-state index in [9.17, 15) is 4.79 Å². The van der Waals surface area contributed by atoms with Gasteiger partial charge < -0.3 is 15.5 Å². The second-order valence-corrected chi connectivity index (χ2v) is 5.33. The van der Waals surface area contributed by atoms with Gasteiger partial charge in [-0.15, -0.1) is 0 Å². The normalized spacial score (nSPS) is 21.9. The summed E-state index contributed by atoms with van der Waals surface area (Å²) in [7, 11) is 2.05. The first kappa shape index (κ1) is 13.2. The minimum absolute atomic E-state index is 0.197. The van der Waals surface area contributed by atoms with Crippen LogP contribution < -0.4 is 10.6 Å². The van der Waals surface area contributed by atoms with E-state index >= 15 is 0 Å². The van der Waals surface area contributed by atoms with Gasteiger partial charge in [0.05, 0.1) is 5.41 Å². The first-order valence-corrected chi connectivity index (χ1v) is 6.96. The lowest BCUT2D eigenvalue weighted by Crippen LogP contribution is -2.54. The van der Waals surface area contributed by atoms with Gasteiger partial charge in [-0.1, -0.05) is 6.42 Å². The molecule has 1 heterocycles. The van der Waals surface area contributed by atoms with Crippen molar-refractivity contribution in [2.24, 2.45) is 10.4 Å². The molecule has 0 unspecified atom stereocenters. The Kier molecular flexibility index (Phi) is 4.09. The lowest BCUT2D eigenvalue weighted by molar-refractivity contribution is -0.135. The maximum Gasteiger partial charge on any atom is 0.227 e. The molecule has 102 valence electrons. The molecule has 1 aliphatic carbocycles. The molecule has 2 aliphatic rings. The Morgan fingerprint density at radius 1 is 1.44 bits per heavy atom. The minimum atomic E-state index is -0.198. The van der Waals surface area contributed by atoms with Crippen molar-refractivity contribution in [2.75, 3.05) is 33.2 Å². The first-order chi connectivity index (χ1) is 8.68. The number of rotatable bonds is 4. The van der Waals surface area contributed by atoms with Crippen molar-refractivity contribution in [1.82, 2.24) is 15.5 Å². The Balaban J connectivity index is 1.91. The fraction of sp³-hybridized carbons (Fsp3) is 0.846. The van der Waals surface area contributed by atoms with E-state index in [0.29, 0.717) is 13.1 Å². The molecule has 0 saturated heterocycles. The summed E-state index contributed by atoms with van der Waals surface area (Å²) in [5, 5.41) is 6.32. The lowest BCUT2D eigenvalue weighted by Gasteiger charge is -2.41. The average molecular weight is 252 g/mol. The third-order valence-corrected chi connectivity index (χ3v) is 3.99. The minimum Gasteiger partial charge on any atom is -0.356 e. The number of carbonyl (C=O) groups excluding carboxylic acids is 1. The van der Waals surface area contributed by atoms with Crippen LogP contribution in [0.4, 0.5) is 0 Å².